The molecule has 0 saturated carbocycles. The predicted octanol–water partition coefficient (Wildman–Crippen LogP) is 1.29. The van der Waals surface area contributed by atoms with Gasteiger partial charge in [-0.1, -0.05) is 0 Å². The number of hydrogen-bond acceptors (Lipinski definition) is 4. The summed E-state index contributed by atoms with van der Waals surface area (Å²) in [6.45, 7) is 0. The van der Waals surface area contributed by atoms with Crippen LogP contribution in [0.5, 0.6) is 11.5 Å². The van der Waals surface area contributed by atoms with Crippen molar-refractivity contribution in [2.45, 2.75) is 0 Å². The zero-order valence-corrected chi connectivity index (χ0v) is 8.29. The number of methoxy groups -OCH3 is 3. The highest BCUT2D eigenvalue weighted by Crippen LogP contribution is 2.27. The highest BCUT2D eigenvalue weighted by atomic mass is 16.5. The molecule has 0 aliphatic heterocycles. The molecule has 0 atom stereocenters. The molecule has 0 spiro atoms. The SMILES string of the molecule is COC(=O)c1[c]cc(OC)c(OC)c1. The Kier molecular flexibility index (Phi) is 3.34. The van der Waals surface area contributed by atoms with E-state index in [0.29, 0.717) is 17.1 Å². The molecule has 0 unspecified atom stereocenters. The van der Waals surface area contributed by atoms with E-state index in [4.69, 9.17) is 9.47 Å². The maximum atomic E-state index is 11.1. The number of benzene rings is 1. The third-order valence-electron chi connectivity index (χ3n) is 1.72. The predicted molar refractivity (Wildman–Crippen MR) is 49.7 cm³/mol. The third kappa shape index (κ3) is 1.96. The molecule has 1 aromatic rings. The van der Waals surface area contributed by atoms with E-state index < -0.39 is 5.97 Å². The molecule has 0 fully saturated rings. The van der Waals surface area contributed by atoms with Crippen LogP contribution in [0.4, 0.5) is 0 Å². The van der Waals surface area contributed by atoms with Gasteiger partial charge in [0.2, 0.25) is 0 Å². The summed E-state index contributed by atoms with van der Waals surface area (Å²) < 4.78 is 14.6. The molecule has 0 aliphatic rings. The molecule has 14 heavy (non-hydrogen) atoms. The van der Waals surface area contributed by atoms with Gasteiger partial charge in [-0.15, -0.1) is 0 Å². The van der Waals surface area contributed by atoms with Crippen molar-refractivity contribution in [2.24, 2.45) is 0 Å². The third-order valence-corrected chi connectivity index (χ3v) is 1.72. The lowest BCUT2D eigenvalue weighted by Crippen LogP contribution is -2.02. The van der Waals surface area contributed by atoms with E-state index in [1.807, 2.05) is 0 Å². The van der Waals surface area contributed by atoms with Crippen LogP contribution in [0.1, 0.15) is 10.4 Å². The molecule has 4 heteroatoms. The van der Waals surface area contributed by atoms with Crippen LogP contribution in [0.3, 0.4) is 0 Å². The zero-order valence-electron chi connectivity index (χ0n) is 8.29. The lowest BCUT2D eigenvalue weighted by atomic mass is 10.2. The fourth-order valence-electron chi connectivity index (χ4n) is 1.01. The molecule has 0 bridgehead atoms. The smallest absolute Gasteiger partial charge is 0.338 e. The fraction of sp³-hybridized carbons (Fsp3) is 0.300. The van der Waals surface area contributed by atoms with Crippen molar-refractivity contribution >= 4 is 5.97 Å². The van der Waals surface area contributed by atoms with Crippen molar-refractivity contribution in [1.29, 1.82) is 0 Å². The van der Waals surface area contributed by atoms with E-state index in [9.17, 15) is 4.79 Å². The van der Waals surface area contributed by atoms with Gasteiger partial charge in [-0.2, -0.15) is 0 Å². The summed E-state index contributed by atoms with van der Waals surface area (Å²) >= 11 is 0. The Morgan fingerprint density at radius 3 is 2.36 bits per heavy atom. The summed E-state index contributed by atoms with van der Waals surface area (Å²) in [6.07, 6.45) is 0. The summed E-state index contributed by atoms with van der Waals surface area (Å²) in [7, 11) is 4.33. The average molecular weight is 195 g/mol. The molecule has 0 aliphatic carbocycles. The number of esters is 1. The van der Waals surface area contributed by atoms with Crippen molar-refractivity contribution in [3.8, 4) is 11.5 Å². The minimum Gasteiger partial charge on any atom is -0.493 e. The topological polar surface area (TPSA) is 44.8 Å². The van der Waals surface area contributed by atoms with Crippen LogP contribution in [0.15, 0.2) is 12.1 Å². The van der Waals surface area contributed by atoms with Crippen LogP contribution in [0.25, 0.3) is 0 Å². The second kappa shape index (κ2) is 4.50. The normalized spacial score (nSPS) is 9.36. The van der Waals surface area contributed by atoms with Crippen LogP contribution in [0, 0.1) is 6.07 Å². The van der Waals surface area contributed by atoms with Gasteiger partial charge in [0, 0.05) is 6.07 Å². The summed E-state index contributed by atoms with van der Waals surface area (Å²) in [6, 6.07) is 5.79. The van der Waals surface area contributed by atoms with Crippen LogP contribution in [-0.2, 0) is 4.74 Å². The Bertz CT molecular complexity index is 333. The molecule has 1 aromatic carbocycles. The first-order chi connectivity index (χ1) is 6.72. The number of rotatable bonds is 3. The van der Waals surface area contributed by atoms with Gasteiger partial charge in [0.25, 0.3) is 0 Å². The molecule has 0 amide bonds. The molecule has 0 N–H and O–H groups in total. The van der Waals surface area contributed by atoms with E-state index in [1.54, 1.807) is 0 Å². The zero-order chi connectivity index (χ0) is 10.6. The quantitative estimate of drug-likeness (QED) is 0.682. The summed E-state index contributed by atoms with van der Waals surface area (Å²) in [5.41, 5.74) is 0.310. The lowest BCUT2D eigenvalue weighted by molar-refractivity contribution is 0.0600. The van der Waals surface area contributed by atoms with Crippen molar-refractivity contribution in [3.63, 3.8) is 0 Å². The van der Waals surface area contributed by atoms with Crippen LogP contribution < -0.4 is 9.47 Å². The van der Waals surface area contributed by atoms with Gasteiger partial charge in [0.15, 0.2) is 11.5 Å². The van der Waals surface area contributed by atoms with E-state index in [1.165, 1.54) is 33.5 Å². The average Bonchev–Trinajstić information content (AvgIpc) is 2.26. The minimum absolute atomic E-state index is 0.310. The van der Waals surface area contributed by atoms with Crippen molar-refractivity contribution < 1.29 is 19.0 Å². The number of carbonyl (C=O) groups is 1. The van der Waals surface area contributed by atoms with Gasteiger partial charge in [-0.25, -0.2) is 4.79 Å². The number of carbonyl (C=O) groups excluding carboxylic acids is 1. The van der Waals surface area contributed by atoms with Crippen molar-refractivity contribution in [1.82, 2.24) is 0 Å². The van der Waals surface area contributed by atoms with Gasteiger partial charge >= 0.3 is 5.97 Å². The van der Waals surface area contributed by atoms with Gasteiger partial charge < -0.3 is 14.2 Å². The second-order valence-electron chi connectivity index (χ2n) is 2.48. The number of ether oxygens (including phenoxy) is 3. The van der Waals surface area contributed by atoms with Crippen molar-refractivity contribution in [2.75, 3.05) is 21.3 Å². The highest BCUT2D eigenvalue weighted by molar-refractivity contribution is 5.89. The maximum Gasteiger partial charge on any atom is 0.338 e. The minimum atomic E-state index is -0.453. The van der Waals surface area contributed by atoms with Gasteiger partial charge in [-0.3, -0.25) is 0 Å². The largest absolute Gasteiger partial charge is 0.493 e. The Labute approximate surface area is 82.4 Å². The molecule has 75 valence electrons. The Balaban J connectivity index is 3.07. The summed E-state index contributed by atoms with van der Waals surface area (Å²) in [5, 5.41) is 0. The van der Waals surface area contributed by atoms with Gasteiger partial charge in [0.05, 0.1) is 26.9 Å². The summed E-state index contributed by atoms with van der Waals surface area (Å²) in [5.74, 6) is 0.553. The molecule has 0 heterocycles. The Morgan fingerprint density at radius 2 is 1.86 bits per heavy atom. The molecule has 4 nitrogen and oxygen atoms in total. The second-order valence-corrected chi connectivity index (χ2v) is 2.48. The van der Waals surface area contributed by atoms with E-state index in [0.717, 1.165) is 0 Å². The Hall–Kier alpha value is -1.71. The number of hydrogen-bond donors (Lipinski definition) is 0. The molecule has 0 aromatic heterocycles. The molecule has 1 rings (SSSR count). The van der Waals surface area contributed by atoms with E-state index >= 15 is 0 Å². The molecule has 1 radical (unpaired) electrons. The van der Waals surface area contributed by atoms with Crippen LogP contribution >= 0.6 is 0 Å². The standard InChI is InChI=1S/C10H11O4/c1-12-8-5-4-7(10(11)14-3)6-9(8)13-2/h5-6H,1-3H3. The van der Waals surface area contributed by atoms with Crippen molar-refractivity contribution in [3.05, 3.63) is 23.8 Å². The first-order valence-corrected chi connectivity index (χ1v) is 3.95. The fourth-order valence-corrected chi connectivity index (χ4v) is 1.01. The van der Waals surface area contributed by atoms with Gasteiger partial charge in [0.1, 0.15) is 0 Å². The first-order valence-electron chi connectivity index (χ1n) is 3.95. The Morgan fingerprint density at radius 1 is 1.21 bits per heavy atom. The highest BCUT2D eigenvalue weighted by Gasteiger charge is 2.10. The van der Waals surface area contributed by atoms with Crippen LogP contribution in [0.2, 0.25) is 0 Å². The molecular formula is C10H11O4. The molecule has 0 saturated heterocycles. The van der Waals surface area contributed by atoms with Crippen LogP contribution in [-0.4, -0.2) is 27.3 Å². The van der Waals surface area contributed by atoms with Gasteiger partial charge in [-0.05, 0) is 12.1 Å². The maximum absolute atomic E-state index is 11.1. The van der Waals surface area contributed by atoms with E-state index in [-0.39, 0.29) is 0 Å². The van der Waals surface area contributed by atoms with E-state index in [2.05, 4.69) is 10.8 Å². The molecular weight excluding hydrogens is 184 g/mol. The monoisotopic (exact) mass is 195 g/mol. The summed E-state index contributed by atoms with van der Waals surface area (Å²) in [4.78, 5) is 11.1. The first kappa shape index (κ1) is 10.4. The lowest BCUT2D eigenvalue weighted by Gasteiger charge is -2.07.